The number of aromatic nitrogens is 2. The molecule has 0 amide bonds. The van der Waals surface area contributed by atoms with Crippen molar-refractivity contribution in [2.45, 2.75) is 13.8 Å². The van der Waals surface area contributed by atoms with Crippen LogP contribution >= 0.6 is 0 Å². The average Bonchev–Trinajstić information content (AvgIpc) is 2.70. The smallest absolute Gasteiger partial charge is 0.134 e. The fourth-order valence-corrected chi connectivity index (χ4v) is 2.88. The Kier molecular flexibility index (Phi) is 5.02. The van der Waals surface area contributed by atoms with Crippen molar-refractivity contribution in [2.24, 2.45) is 0 Å². The minimum Gasteiger partial charge on any atom is -0.457 e. The monoisotopic (exact) mass is 367 g/mol. The average molecular weight is 367 g/mol. The van der Waals surface area contributed by atoms with Gasteiger partial charge in [-0.3, -0.25) is 0 Å². The molecular formula is C24H21N3O. The van der Waals surface area contributed by atoms with E-state index in [0.29, 0.717) is 0 Å². The molecule has 0 bridgehead atoms. The molecular weight excluding hydrogens is 346 g/mol. The summed E-state index contributed by atoms with van der Waals surface area (Å²) >= 11 is 0. The molecule has 1 aromatic heterocycles. The maximum atomic E-state index is 5.84. The van der Waals surface area contributed by atoms with Gasteiger partial charge in [-0.15, -0.1) is 0 Å². The molecule has 0 spiro atoms. The standard InChI is InChI=1S/C24H21N3O/c1-17-8-10-19(11-9-17)23-16-24(26-18(2)25-23)27-20-12-14-22(15-13-20)28-21-6-4-3-5-7-21/h3-16H,1-2H3,(H,25,26,27). The van der Waals surface area contributed by atoms with Crippen LogP contribution in [0, 0.1) is 13.8 Å². The van der Waals surface area contributed by atoms with Gasteiger partial charge < -0.3 is 10.1 Å². The highest BCUT2D eigenvalue weighted by Crippen LogP contribution is 2.25. The minimum atomic E-state index is 0.726. The summed E-state index contributed by atoms with van der Waals surface area (Å²) in [6.45, 7) is 3.98. The van der Waals surface area contributed by atoms with E-state index in [-0.39, 0.29) is 0 Å². The number of ether oxygens (including phenoxy) is 1. The van der Waals surface area contributed by atoms with Gasteiger partial charge >= 0.3 is 0 Å². The van der Waals surface area contributed by atoms with E-state index < -0.39 is 0 Å². The van der Waals surface area contributed by atoms with Gasteiger partial charge in [-0.05, 0) is 50.2 Å². The minimum absolute atomic E-state index is 0.726. The molecule has 4 aromatic rings. The Morgan fingerprint density at radius 1 is 0.714 bits per heavy atom. The number of hydrogen-bond acceptors (Lipinski definition) is 4. The molecule has 4 nitrogen and oxygen atoms in total. The Bertz CT molecular complexity index is 1060. The molecule has 0 aliphatic carbocycles. The molecule has 28 heavy (non-hydrogen) atoms. The number of para-hydroxylation sites is 1. The predicted molar refractivity (Wildman–Crippen MR) is 113 cm³/mol. The van der Waals surface area contributed by atoms with Crippen molar-refractivity contribution in [1.29, 1.82) is 0 Å². The van der Waals surface area contributed by atoms with E-state index in [0.717, 1.165) is 40.1 Å². The Hall–Kier alpha value is -3.66. The first-order chi connectivity index (χ1) is 13.7. The van der Waals surface area contributed by atoms with E-state index in [1.54, 1.807) is 0 Å². The van der Waals surface area contributed by atoms with Gasteiger partial charge in [-0.1, -0.05) is 48.0 Å². The fourth-order valence-electron chi connectivity index (χ4n) is 2.88. The third kappa shape index (κ3) is 4.35. The molecule has 1 heterocycles. The first kappa shape index (κ1) is 17.7. The highest BCUT2D eigenvalue weighted by Gasteiger charge is 2.06. The van der Waals surface area contributed by atoms with Gasteiger partial charge in [0.15, 0.2) is 0 Å². The lowest BCUT2D eigenvalue weighted by atomic mass is 10.1. The molecule has 1 N–H and O–H groups in total. The molecule has 138 valence electrons. The maximum absolute atomic E-state index is 5.84. The molecule has 0 radical (unpaired) electrons. The van der Waals surface area contributed by atoms with Gasteiger partial charge in [0.2, 0.25) is 0 Å². The summed E-state index contributed by atoms with van der Waals surface area (Å²) in [6, 6.07) is 27.9. The van der Waals surface area contributed by atoms with Crippen molar-refractivity contribution in [2.75, 3.05) is 5.32 Å². The normalized spacial score (nSPS) is 10.5. The zero-order chi connectivity index (χ0) is 19.3. The van der Waals surface area contributed by atoms with Crippen LogP contribution in [0.4, 0.5) is 11.5 Å². The number of nitrogens with one attached hydrogen (secondary N) is 1. The topological polar surface area (TPSA) is 47.0 Å². The first-order valence-electron chi connectivity index (χ1n) is 9.18. The van der Waals surface area contributed by atoms with Crippen LogP contribution < -0.4 is 10.1 Å². The van der Waals surface area contributed by atoms with E-state index >= 15 is 0 Å². The highest BCUT2D eigenvalue weighted by molar-refractivity contribution is 5.66. The molecule has 0 aliphatic rings. The molecule has 4 heteroatoms. The number of aryl methyl sites for hydroxylation is 2. The molecule has 4 rings (SSSR count). The van der Waals surface area contributed by atoms with E-state index in [1.165, 1.54) is 5.56 Å². The number of rotatable bonds is 5. The Morgan fingerprint density at radius 3 is 2.11 bits per heavy atom. The van der Waals surface area contributed by atoms with Crippen LogP contribution in [0.1, 0.15) is 11.4 Å². The zero-order valence-electron chi connectivity index (χ0n) is 15.9. The second kappa shape index (κ2) is 7.92. The highest BCUT2D eigenvalue weighted by atomic mass is 16.5. The van der Waals surface area contributed by atoms with Gasteiger partial charge in [0.05, 0.1) is 5.69 Å². The Morgan fingerprint density at radius 2 is 1.39 bits per heavy atom. The summed E-state index contributed by atoms with van der Waals surface area (Å²) in [6.07, 6.45) is 0. The second-order valence-electron chi connectivity index (χ2n) is 6.62. The molecule has 0 saturated heterocycles. The number of nitrogens with zero attached hydrogens (tertiary/aromatic N) is 2. The summed E-state index contributed by atoms with van der Waals surface area (Å²) < 4.78 is 5.84. The SMILES string of the molecule is Cc1ccc(-c2cc(Nc3ccc(Oc4ccccc4)cc3)nc(C)n2)cc1. The summed E-state index contributed by atoms with van der Waals surface area (Å²) in [5.41, 5.74) is 4.14. The largest absolute Gasteiger partial charge is 0.457 e. The molecule has 0 saturated carbocycles. The predicted octanol–water partition coefficient (Wildman–Crippen LogP) is 6.30. The van der Waals surface area contributed by atoms with Crippen molar-refractivity contribution in [3.63, 3.8) is 0 Å². The van der Waals surface area contributed by atoms with Crippen LogP contribution in [0.5, 0.6) is 11.5 Å². The lowest BCUT2D eigenvalue weighted by molar-refractivity contribution is 0.483. The lowest BCUT2D eigenvalue weighted by Crippen LogP contribution is -1.99. The van der Waals surface area contributed by atoms with Crippen LogP contribution in [-0.4, -0.2) is 9.97 Å². The van der Waals surface area contributed by atoms with Crippen LogP contribution in [0.25, 0.3) is 11.3 Å². The second-order valence-corrected chi connectivity index (χ2v) is 6.62. The number of benzene rings is 3. The van der Waals surface area contributed by atoms with E-state index in [2.05, 4.69) is 46.5 Å². The molecule has 0 fully saturated rings. The van der Waals surface area contributed by atoms with Gasteiger partial charge in [-0.2, -0.15) is 0 Å². The van der Waals surface area contributed by atoms with Crippen LogP contribution in [-0.2, 0) is 0 Å². The summed E-state index contributed by atoms with van der Waals surface area (Å²) in [7, 11) is 0. The first-order valence-corrected chi connectivity index (χ1v) is 9.18. The molecule has 3 aromatic carbocycles. The van der Waals surface area contributed by atoms with Gasteiger partial charge in [-0.25, -0.2) is 9.97 Å². The van der Waals surface area contributed by atoms with E-state index in [1.807, 2.05) is 67.6 Å². The van der Waals surface area contributed by atoms with Crippen LogP contribution in [0.15, 0.2) is 84.9 Å². The van der Waals surface area contributed by atoms with Gasteiger partial charge in [0.1, 0.15) is 23.1 Å². The molecule has 0 unspecified atom stereocenters. The van der Waals surface area contributed by atoms with Gasteiger partial charge in [0.25, 0.3) is 0 Å². The van der Waals surface area contributed by atoms with Crippen molar-refractivity contribution < 1.29 is 4.74 Å². The van der Waals surface area contributed by atoms with Crippen LogP contribution in [0.3, 0.4) is 0 Å². The fraction of sp³-hybridized carbons (Fsp3) is 0.0833. The van der Waals surface area contributed by atoms with Crippen molar-refractivity contribution in [3.05, 3.63) is 96.3 Å². The maximum Gasteiger partial charge on any atom is 0.134 e. The van der Waals surface area contributed by atoms with E-state index in [9.17, 15) is 0 Å². The quantitative estimate of drug-likeness (QED) is 0.450. The van der Waals surface area contributed by atoms with Gasteiger partial charge in [0, 0.05) is 17.3 Å². The third-order valence-corrected chi connectivity index (χ3v) is 4.29. The van der Waals surface area contributed by atoms with Crippen LogP contribution in [0.2, 0.25) is 0 Å². The van der Waals surface area contributed by atoms with E-state index in [4.69, 9.17) is 4.74 Å². The van der Waals surface area contributed by atoms with Crippen molar-refractivity contribution in [1.82, 2.24) is 9.97 Å². The Balaban J connectivity index is 1.51. The molecule has 0 aliphatic heterocycles. The molecule has 0 atom stereocenters. The van der Waals surface area contributed by atoms with Crippen molar-refractivity contribution in [3.8, 4) is 22.8 Å². The Labute approximate surface area is 164 Å². The third-order valence-electron chi connectivity index (χ3n) is 4.29. The summed E-state index contributed by atoms with van der Waals surface area (Å²) in [5, 5.41) is 3.35. The summed E-state index contributed by atoms with van der Waals surface area (Å²) in [5.74, 6) is 3.10. The van der Waals surface area contributed by atoms with Crippen molar-refractivity contribution >= 4 is 11.5 Å². The number of hydrogen-bond donors (Lipinski definition) is 1. The summed E-state index contributed by atoms with van der Waals surface area (Å²) in [4.78, 5) is 9.07. The number of anilines is 2. The lowest BCUT2D eigenvalue weighted by Gasteiger charge is -2.10. The zero-order valence-corrected chi connectivity index (χ0v) is 15.9.